The van der Waals surface area contributed by atoms with E-state index in [1.54, 1.807) is 17.2 Å². The van der Waals surface area contributed by atoms with Crippen molar-refractivity contribution >= 4 is 29.3 Å². The van der Waals surface area contributed by atoms with Crippen molar-refractivity contribution in [2.24, 2.45) is 5.92 Å². The van der Waals surface area contributed by atoms with Crippen LogP contribution in [-0.2, 0) is 16.0 Å². The van der Waals surface area contributed by atoms with E-state index in [1.165, 1.54) is 0 Å². The highest BCUT2D eigenvalue weighted by Gasteiger charge is 2.31. The van der Waals surface area contributed by atoms with Gasteiger partial charge < -0.3 is 14.5 Å². The Balaban J connectivity index is 1.31. The van der Waals surface area contributed by atoms with Crippen LogP contribution in [0.15, 0.2) is 48.7 Å². The largest absolute Gasteiger partial charge is 0.380 e. The van der Waals surface area contributed by atoms with Crippen LogP contribution >= 0.6 is 0 Å². The molecule has 1 saturated heterocycles. The lowest BCUT2D eigenvalue weighted by atomic mass is 10.1. The van der Waals surface area contributed by atoms with Gasteiger partial charge in [0.1, 0.15) is 11.5 Å². The van der Waals surface area contributed by atoms with Gasteiger partial charge in [0.15, 0.2) is 0 Å². The molecule has 0 unspecified atom stereocenters. The first-order valence-corrected chi connectivity index (χ1v) is 12.6. The predicted molar refractivity (Wildman–Crippen MR) is 136 cm³/mol. The number of anilines is 3. The second-order valence-corrected chi connectivity index (χ2v) is 9.39. The topological polar surface area (TPSA) is 101 Å². The number of benzene rings is 1. The van der Waals surface area contributed by atoms with E-state index in [-0.39, 0.29) is 17.7 Å². The minimum atomic E-state index is -0.154. The molecule has 3 aromatic rings. The molecule has 2 aliphatic heterocycles. The molecule has 1 saturated carbocycles. The summed E-state index contributed by atoms with van der Waals surface area (Å²) in [6.45, 7) is 3.48. The van der Waals surface area contributed by atoms with Crippen molar-refractivity contribution < 1.29 is 14.3 Å². The summed E-state index contributed by atoms with van der Waals surface area (Å²) < 4.78 is 5.57. The molecule has 3 aliphatic rings. The van der Waals surface area contributed by atoms with E-state index >= 15 is 0 Å². The first-order valence-electron chi connectivity index (χ1n) is 12.6. The molecule has 2 aromatic heterocycles. The van der Waals surface area contributed by atoms with Crippen LogP contribution in [0, 0.1) is 5.92 Å². The molecule has 0 spiro atoms. The summed E-state index contributed by atoms with van der Waals surface area (Å²) in [6.07, 6.45) is 5.11. The third kappa shape index (κ3) is 4.54. The maximum Gasteiger partial charge on any atom is 0.276 e. The van der Waals surface area contributed by atoms with Crippen LogP contribution in [0.25, 0.3) is 11.3 Å². The van der Waals surface area contributed by atoms with Crippen LogP contribution in [-0.4, -0.2) is 59.6 Å². The van der Waals surface area contributed by atoms with Gasteiger partial charge in [0.05, 0.1) is 18.0 Å². The van der Waals surface area contributed by atoms with Crippen LogP contribution in [0.2, 0.25) is 0 Å². The van der Waals surface area contributed by atoms with Gasteiger partial charge in [-0.1, -0.05) is 24.3 Å². The van der Waals surface area contributed by atoms with Crippen molar-refractivity contribution in [1.82, 2.24) is 15.0 Å². The van der Waals surface area contributed by atoms with Gasteiger partial charge in [-0.15, -0.1) is 0 Å². The first-order chi connectivity index (χ1) is 17.7. The average molecular weight is 485 g/mol. The number of ether oxygens (including phenoxy) is 1. The van der Waals surface area contributed by atoms with Gasteiger partial charge in [-0.2, -0.15) is 0 Å². The molecular formula is C27H28N6O3. The van der Waals surface area contributed by atoms with E-state index in [0.717, 1.165) is 67.3 Å². The molecule has 9 heteroatoms. The highest BCUT2D eigenvalue weighted by atomic mass is 16.5. The monoisotopic (exact) mass is 484 g/mol. The molecule has 2 fully saturated rings. The number of amides is 2. The highest BCUT2D eigenvalue weighted by molar-refractivity contribution is 6.07. The zero-order valence-corrected chi connectivity index (χ0v) is 20.0. The smallest absolute Gasteiger partial charge is 0.276 e. The van der Waals surface area contributed by atoms with Crippen LogP contribution < -0.4 is 15.1 Å². The lowest BCUT2D eigenvalue weighted by Crippen LogP contribution is -2.34. The van der Waals surface area contributed by atoms with E-state index in [0.29, 0.717) is 31.2 Å². The van der Waals surface area contributed by atoms with Gasteiger partial charge in [0.2, 0.25) is 11.9 Å². The molecule has 36 heavy (non-hydrogen) atoms. The van der Waals surface area contributed by atoms with Crippen molar-refractivity contribution in [2.45, 2.75) is 25.7 Å². The third-order valence-electron chi connectivity index (χ3n) is 6.85. The Hall–Kier alpha value is -3.85. The fourth-order valence-corrected chi connectivity index (χ4v) is 4.75. The van der Waals surface area contributed by atoms with E-state index in [9.17, 15) is 9.59 Å². The summed E-state index contributed by atoms with van der Waals surface area (Å²) in [6, 6.07) is 13.3. The van der Waals surface area contributed by atoms with Crippen molar-refractivity contribution in [2.75, 3.05) is 48.0 Å². The number of carbonyl (C=O) groups is 2. The lowest BCUT2D eigenvalue weighted by Gasteiger charge is -2.24. The molecule has 9 nitrogen and oxygen atoms in total. The zero-order chi connectivity index (χ0) is 24.5. The number of para-hydroxylation sites is 1. The Morgan fingerprint density at radius 3 is 2.75 bits per heavy atom. The number of hydrogen-bond donors (Lipinski definition) is 1. The number of carbonyl (C=O) groups excluding carboxylic acids is 2. The van der Waals surface area contributed by atoms with Crippen molar-refractivity contribution in [3.05, 3.63) is 59.9 Å². The predicted octanol–water partition coefficient (Wildman–Crippen LogP) is 3.32. The Kier molecular flexibility index (Phi) is 6.06. The van der Waals surface area contributed by atoms with Crippen LogP contribution in [0.4, 0.5) is 17.5 Å². The molecule has 1 N–H and O–H groups in total. The Labute approximate surface area is 209 Å². The maximum absolute atomic E-state index is 13.8. The summed E-state index contributed by atoms with van der Waals surface area (Å²) in [4.78, 5) is 43.8. The molecule has 1 aliphatic carbocycles. The van der Waals surface area contributed by atoms with Gasteiger partial charge in [-0.25, -0.2) is 15.0 Å². The van der Waals surface area contributed by atoms with E-state index in [4.69, 9.17) is 14.7 Å². The summed E-state index contributed by atoms with van der Waals surface area (Å²) in [5.41, 5.74) is 3.70. The van der Waals surface area contributed by atoms with E-state index < -0.39 is 0 Å². The van der Waals surface area contributed by atoms with Gasteiger partial charge in [-0.3, -0.25) is 14.9 Å². The second kappa shape index (κ2) is 9.66. The van der Waals surface area contributed by atoms with Crippen LogP contribution in [0.1, 0.15) is 35.3 Å². The molecule has 1 aromatic carbocycles. The maximum atomic E-state index is 13.8. The van der Waals surface area contributed by atoms with E-state index in [1.807, 2.05) is 36.4 Å². The fourth-order valence-electron chi connectivity index (χ4n) is 4.75. The highest BCUT2D eigenvalue weighted by Crippen LogP contribution is 2.36. The fraction of sp³-hybridized carbons (Fsp3) is 0.370. The molecule has 4 heterocycles. The number of pyridine rings is 1. The minimum Gasteiger partial charge on any atom is -0.380 e. The molecular weight excluding hydrogens is 456 g/mol. The second-order valence-electron chi connectivity index (χ2n) is 9.39. The average Bonchev–Trinajstić information content (AvgIpc) is 3.77. The summed E-state index contributed by atoms with van der Waals surface area (Å²) in [5.74, 6) is 0.975. The Bertz CT molecular complexity index is 1300. The first kappa shape index (κ1) is 22.6. The Morgan fingerprint density at radius 1 is 0.972 bits per heavy atom. The normalized spacial score (nSPS) is 17.4. The lowest BCUT2D eigenvalue weighted by molar-refractivity contribution is -0.117. The van der Waals surface area contributed by atoms with Crippen molar-refractivity contribution in [3.8, 4) is 11.3 Å². The molecule has 0 atom stereocenters. The van der Waals surface area contributed by atoms with Gasteiger partial charge in [-0.05, 0) is 49.4 Å². The number of fused-ring (bicyclic) bond motifs is 3. The van der Waals surface area contributed by atoms with Gasteiger partial charge >= 0.3 is 0 Å². The quantitative estimate of drug-likeness (QED) is 0.606. The summed E-state index contributed by atoms with van der Waals surface area (Å²) in [5, 5.41) is 2.84. The van der Waals surface area contributed by atoms with E-state index in [2.05, 4.69) is 15.2 Å². The van der Waals surface area contributed by atoms with Crippen LogP contribution in [0.5, 0.6) is 0 Å². The number of aromatic nitrogens is 3. The SMILES string of the molecule is O=C(Nc1ncc2c(n1)-c1ccccc1N(C(=O)c1cccc(N3CCCOCC3)n1)CC2)C1CC1. The Morgan fingerprint density at radius 2 is 1.86 bits per heavy atom. The molecule has 2 amide bonds. The molecule has 0 bridgehead atoms. The zero-order valence-electron chi connectivity index (χ0n) is 20.0. The number of hydrogen-bond acceptors (Lipinski definition) is 7. The third-order valence-corrected chi connectivity index (χ3v) is 6.85. The van der Waals surface area contributed by atoms with Crippen molar-refractivity contribution in [1.29, 1.82) is 0 Å². The minimum absolute atomic E-state index is 0.0319. The van der Waals surface area contributed by atoms with Gasteiger partial charge in [0, 0.05) is 43.9 Å². The number of rotatable bonds is 4. The van der Waals surface area contributed by atoms with Crippen LogP contribution in [0.3, 0.4) is 0 Å². The molecule has 184 valence electrons. The summed E-state index contributed by atoms with van der Waals surface area (Å²) in [7, 11) is 0. The number of nitrogens with zero attached hydrogens (tertiary/aromatic N) is 5. The molecule has 6 rings (SSSR count). The number of nitrogens with one attached hydrogen (secondary N) is 1. The molecule has 0 radical (unpaired) electrons. The summed E-state index contributed by atoms with van der Waals surface area (Å²) >= 11 is 0. The standard InChI is InChI=1S/C27H28N6O3/c34-25(18-9-10-18)31-27-28-17-19-11-13-33(22-7-2-1-5-20(22)24(19)30-27)26(35)21-6-3-8-23(29-21)32-12-4-15-36-16-14-32/h1-3,5-8,17-18H,4,9-16H2,(H,28,30,31,34). The van der Waals surface area contributed by atoms with Crippen molar-refractivity contribution in [3.63, 3.8) is 0 Å². The van der Waals surface area contributed by atoms with Gasteiger partial charge in [0.25, 0.3) is 5.91 Å².